The van der Waals surface area contributed by atoms with Gasteiger partial charge >= 0.3 is 0 Å². The van der Waals surface area contributed by atoms with Crippen LogP contribution in [0, 0.1) is 0 Å². The quantitative estimate of drug-likeness (QED) is 0.750. The van der Waals surface area contributed by atoms with E-state index in [1.165, 1.54) is 32.1 Å². The standard InChI is InChI=1S/C12H22N2O2/c13-12(15)11-7-6-10(16-11)8-14-9-4-2-1-3-5-9/h9-11,14H,1-8H2,(H2,13,15). The van der Waals surface area contributed by atoms with Gasteiger partial charge in [-0.15, -0.1) is 0 Å². The van der Waals surface area contributed by atoms with E-state index < -0.39 is 0 Å². The number of carbonyl (C=O) groups is 1. The van der Waals surface area contributed by atoms with Gasteiger partial charge in [0.1, 0.15) is 6.10 Å². The number of hydrogen-bond acceptors (Lipinski definition) is 3. The Morgan fingerprint density at radius 2 is 1.94 bits per heavy atom. The molecule has 0 aromatic carbocycles. The zero-order chi connectivity index (χ0) is 11.4. The van der Waals surface area contributed by atoms with E-state index >= 15 is 0 Å². The van der Waals surface area contributed by atoms with Crippen LogP contribution in [0.2, 0.25) is 0 Å². The summed E-state index contributed by atoms with van der Waals surface area (Å²) in [6.07, 6.45) is 8.19. The molecule has 2 unspecified atom stereocenters. The Labute approximate surface area is 96.9 Å². The van der Waals surface area contributed by atoms with Crippen LogP contribution >= 0.6 is 0 Å². The third-order valence-electron chi connectivity index (χ3n) is 3.66. The van der Waals surface area contributed by atoms with Crippen LogP contribution in [-0.4, -0.2) is 30.7 Å². The van der Waals surface area contributed by atoms with Gasteiger partial charge in [0, 0.05) is 12.6 Å². The molecule has 92 valence electrons. The van der Waals surface area contributed by atoms with Crippen molar-refractivity contribution < 1.29 is 9.53 Å². The van der Waals surface area contributed by atoms with Gasteiger partial charge in [0.2, 0.25) is 5.91 Å². The molecule has 16 heavy (non-hydrogen) atoms. The summed E-state index contributed by atoms with van der Waals surface area (Å²) < 4.78 is 5.58. The monoisotopic (exact) mass is 226 g/mol. The first-order chi connectivity index (χ1) is 7.75. The van der Waals surface area contributed by atoms with Gasteiger partial charge in [-0.1, -0.05) is 19.3 Å². The molecule has 2 aliphatic rings. The van der Waals surface area contributed by atoms with E-state index in [1.807, 2.05) is 0 Å². The Morgan fingerprint density at radius 3 is 2.56 bits per heavy atom. The number of rotatable bonds is 4. The summed E-state index contributed by atoms with van der Waals surface area (Å²) in [4.78, 5) is 10.9. The molecule has 1 amide bonds. The lowest BCUT2D eigenvalue weighted by molar-refractivity contribution is -0.128. The largest absolute Gasteiger partial charge is 0.367 e. The van der Waals surface area contributed by atoms with Crippen molar-refractivity contribution >= 4 is 5.91 Å². The minimum absolute atomic E-state index is 0.180. The molecule has 1 aliphatic carbocycles. The summed E-state index contributed by atoms with van der Waals surface area (Å²) in [6.45, 7) is 0.869. The molecular weight excluding hydrogens is 204 g/mol. The predicted octanol–water partition coefficient (Wildman–Crippen LogP) is 0.942. The number of nitrogens with one attached hydrogen (secondary N) is 1. The van der Waals surface area contributed by atoms with Crippen LogP contribution in [-0.2, 0) is 9.53 Å². The molecular formula is C12H22N2O2. The van der Waals surface area contributed by atoms with Crippen LogP contribution in [0.5, 0.6) is 0 Å². The highest BCUT2D eigenvalue weighted by atomic mass is 16.5. The van der Waals surface area contributed by atoms with E-state index in [4.69, 9.17) is 10.5 Å². The van der Waals surface area contributed by atoms with Crippen molar-refractivity contribution in [1.82, 2.24) is 5.32 Å². The van der Waals surface area contributed by atoms with Crippen molar-refractivity contribution in [2.45, 2.75) is 63.2 Å². The van der Waals surface area contributed by atoms with E-state index in [1.54, 1.807) is 0 Å². The third-order valence-corrected chi connectivity index (χ3v) is 3.66. The van der Waals surface area contributed by atoms with E-state index in [0.717, 1.165) is 19.4 Å². The summed E-state index contributed by atoms with van der Waals surface area (Å²) in [7, 11) is 0. The molecule has 3 N–H and O–H groups in total. The zero-order valence-electron chi connectivity index (χ0n) is 9.78. The summed E-state index contributed by atoms with van der Waals surface area (Å²) >= 11 is 0. The zero-order valence-corrected chi connectivity index (χ0v) is 9.78. The lowest BCUT2D eigenvalue weighted by atomic mass is 9.95. The fraction of sp³-hybridized carbons (Fsp3) is 0.917. The third kappa shape index (κ3) is 3.19. The Kier molecular flexibility index (Phi) is 4.18. The topological polar surface area (TPSA) is 64.4 Å². The highest BCUT2D eigenvalue weighted by Gasteiger charge is 2.29. The summed E-state index contributed by atoms with van der Waals surface area (Å²) in [5, 5.41) is 3.55. The number of primary amides is 1. The lowest BCUT2D eigenvalue weighted by Crippen LogP contribution is -2.37. The van der Waals surface area contributed by atoms with Crippen LogP contribution in [0.4, 0.5) is 0 Å². The highest BCUT2D eigenvalue weighted by molar-refractivity contribution is 5.79. The molecule has 1 saturated heterocycles. The molecule has 2 fully saturated rings. The van der Waals surface area contributed by atoms with Crippen LogP contribution in [0.15, 0.2) is 0 Å². The lowest BCUT2D eigenvalue weighted by Gasteiger charge is -2.24. The van der Waals surface area contributed by atoms with Gasteiger partial charge in [-0.3, -0.25) is 4.79 Å². The second-order valence-corrected chi connectivity index (χ2v) is 4.97. The van der Waals surface area contributed by atoms with Crippen LogP contribution < -0.4 is 11.1 Å². The van der Waals surface area contributed by atoms with Crippen molar-refractivity contribution in [3.8, 4) is 0 Å². The second kappa shape index (κ2) is 5.64. The molecule has 1 heterocycles. The molecule has 2 rings (SSSR count). The van der Waals surface area contributed by atoms with Crippen molar-refractivity contribution in [3.63, 3.8) is 0 Å². The van der Waals surface area contributed by atoms with Gasteiger partial charge in [0.05, 0.1) is 6.10 Å². The van der Waals surface area contributed by atoms with Crippen molar-refractivity contribution in [3.05, 3.63) is 0 Å². The minimum Gasteiger partial charge on any atom is -0.367 e. The predicted molar refractivity (Wildman–Crippen MR) is 62.0 cm³/mol. The van der Waals surface area contributed by atoms with E-state index in [2.05, 4.69) is 5.32 Å². The fourth-order valence-electron chi connectivity index (χ4n) is 2.67. The van der Waals surface area contributed by atoms with E-state index in [-0.39, 0.29) is 18.1 Å². The molecule has 4 heteroatoms. The maximum absolute atomic E-state index is 10.9. The SMILES string of the molecule is NC(=O)C1CCC(CNC2CCCCC2)O1. The van der Waals surface area contributed by atoms with Gasteiger partial charge in [-0.05, 0) is 25.7 Å². The average molecular weight is 226 g/mol. The normalized spacial score (nSPS) is 31.8. The second-order valence-electron chi connectivity index (χ2n) is 4.97. The van der Waals surface area contributed by atoms with Crippen LogP contribution in [0.25, 0.3) is 0 Å². The van der Waals surface area contributed by atoms with Crippen LogP contribution in [0.3, 0.4) is 0 Å². The van der Waals surface area contributed by atoms with Crippen LogP contribution in [0.1, 0.15) is 44.9 Å². The summed E-state index contributed by atoms with van der Waals surface area (Å²) in [5.74, 6) is -0.319. The fourth-order valence-corrected chi connectivity index (χ4v) is 2.67. The average Bonchev–Trinajstić information content (AvgIpc) is 2.76. The Hall–Kier alpha value is -0.610. The summed E-state index contributed by atoms with van der Waals surface area (Å²) in [5.41, 5.74) is 5.21. The summed E-state index contributed by atoms with van der Waals surface area (Å²) in [6, 6.07) is 0.657. The van der Waals surface area contributed by atoms with E-state index in [9.17, 15) is 4.79 Å². The van der Waals surface area contributed by atoms with Gasteiger partial charge in [-0.2, -0.15) is 0 Å². The maximum Gasteiger partial charge on any atom is 0.246 e. The van der Waals surface area contributed by atoms with E-state index in [0.29, 0.717) is 6.04 Å². The molecule has 4 nitrogen and oxygen atoms in total. The van der Waals surface area contributed by atoms with Gasteiger partial charge in [-0.25, -0.2) is 0 Å². The Balaban J connectivity index is 1.65. The number of amides is 1. The molecule has 1 saturated carbocycles. The van der Waals surface area contributed by atoms with Crippen molar-refractivity contribution in [1.29, 1.82) is 0 Å². The van der Waals surface area contributed by atoms with Crippen molar-refractivity contribution in [2.24, 2.45) is 5.73 Å². The number of ether oxygens (including phenoxy) is 1. The minimum atomic E-state index is -0.349. The van der Waals surface area contributed by atoms with Gasteiger partial charge in [0.25, 0.3) is 0 Å². The molecule has 0 aromatic rings. The Morgan fingerprint density at radius 1 is 1.19 bits per heavy atom. The molecule has 0 spiro atoms. The Bertz CT molecular complexity index is 239. The smallest absolute Gasteiger partial charge is 0.246 e. The first-order valence-electron chi connectivity index (χ1n) is 6.44. The highest BCUT2D eigenvalue weighted by Crippen LogP contribution is 2.21. The number of nitrogens with two attached hydrogens (primary N) is 1. The van der Waals surface area contributed by atoms with Gasteiger partial charge in [0.15, 0.2) is 0 Å². The molecule has 1 aliphatic heterocycles. The number of carbonyl (C=O) groups excluding carboxylic acids is 1. The van der Waals surface area contributed by atoms with Gasteiger partial charge < -0.3 is 15.8 Å². The molecule has 0 radical (unpaired) electrons. The number of hydrogen-bond donors (Lipinski definition) is 2. The molecule has 2 atom stereocenters. The first-order valence-corrected chi connectivity index (χ1v) is 6.44. The molecule has 0 bridgehead atoms. The van der Waals surface area contributed by atoms with Crippen molar-refractivity contribution in [2.75, 3.05) is 6.54 Å². The first kappa shape index (κ1) is 11.9. The maximum atomic E-state index is 10.9. The molecule has 0 aromatic heterocycles.